The van der Waals surface area contributed by atoms with Gasteiger partial charge in [-0.2, -0.15) is 0 Å². The van der Waals surface area contributed by atoms with E-state index in [0.29, 0.717) is 40.2 Å². The number of carbonyl (C=O) groups excluding carboxylic acids is 1. The van der Waals surface area contributed by atoms with E-state index in [1.165, 1.54) is 0 Å². The molecule has 124 valence electrons. The molecule has 0 radical (unpaired) electrons. The summed E-state index contributed by atoms with van der Waals surface area (Å²) < 4.78 is 7.43. The van der Waals surface area contributed by atoms with Crippen LogP contribution < -0.4 is 10.1 Å². The molecule has 0 aliphatic heterocycles. The van der Waals surface area contributed by atoms with Gasteiger partial charge in [0.25, 0.3) is 5.91 Å². The van der Waals surface area contributed by atoms with Crippen molar-refractivity contribution in [2.45, 2.75) is 13.8 Å². The highest BCUT2D eigenvalue weighted by Gasteiger charge is 2.12. The van der Waals surface area contributed by atoms with Gasteiger partial charge in [-0.25, -0.2) is 4.98 Å². The number of anilines is 1. The number of fused-ring (bicyclic) bond motifs is 1. The largest absolute Gasteiger partial charge is 0.492 e. The fourth-order valence-electron chi connectivity index (χ4n) is 2.28. The third kappa shape index (κ3) is 3.51. The third-order valence-corrected chi connectivity index (χ3v) is 3.72. The summed E-state index contributed by atoms with van der Waals surface area (Å²) in [5.74, 6) is 0.785. The number of halogens is 1. The zero-order chi connectivity index (χ0) is 17.1. The summed E-state index contributed by atoms with van der Waals surface area (Å²) in [4.78, 5) is 16.7. The van der Waals surface area contributed by atoms with Crippen molar-refractivity contribution in [2.24, 2.45) is 5.92 Å². The van der Waals surface area contributed by atoms with Crippen molar-refractivity contribution in [2.75, 3.05) is 11.9 Å². The van der Waals surface area contributed by atoms with Crippen molar-refractivity contribution in [3.8, 4) is 5.75 Å². The van der Waals surface area contributed by atoms with E-state index in [9.17, 15) is 4.79 Å². The summed E-state index contributed by atoms with van der Waals surface area (Å²) in [6.07, 6.45) is 5.30. The van der Waals surface area contributed by atoms with Gasteiger partial charge in [0.2, 0.25) is 0 Å². The maximum atomic E-state index is 12.5. The van der Waals surface area contributed by atoms with Crippen molar-refractivity contribution in [3.05, 3.63) is 59.5 Å². The van der Waals surface area contributed by atoms with Crippen LogP contribution in [0.3, 0.4) is 0 Å². The van der Waals surface area contributed by atoms with Crippen molar-refractivity contribution in [3.63, 3.8) is 0 Å². The number of rotatable bonds is 5. The summed E-state index contributed by atoms with van der Waals surface area (Å²) in [6.45, 7) is 4.73. The van der Waals surface area contributed by atoms with Gasteiger partial charge >= 0.3 is 0 Å². The maximum absolute atomic E-state index is 12.5. The van der Waals surface area contributed by atoms with Crippen LogP contribution in [0.1, 0.15) is 24.2 Å². The van der Waals surface area contributed by atoms with Crippen LogP contribution in [0.25, 0.3) is 5.65 Å². The van der Waals surface area contributed by atoms with Crippen molar-refractivity contribution in [1.29, 1.82) is 0 Å². The summed E-state index contributed by atoms with van der Waals surface area (Å²) in [7, 11) is 0. The second kappa shape index (κ2) is 6.93. The molecule has 5 nitrogen and oxygen atoms in total. The lowest BCUT2D eigenvalue weighted by atomic mass is 10.2. The molecule has 1 N–H and O–H groups in total. The molecule has 0 atom stereocenters. The van der Waals surface area contributed by atoms with E-state index in [1.54, 1.807) is 47.1 Å². The molecular weight excluding hydrogens is 326 g/mol. The number of nitrogens with one attached hydrogen (secondary N) is 1. The Kier molecular flexibility index (Phi) is 4.71. The fraction of sp³-hybridized carbons (Fsp3) is 0.222. The minimum Gasteiger partial charge on any atom is -0.492 e. The Bertz CT molecular complexity index is 874. The standard InChI is InChI=1S/C18H18ClN3O2/c1-12(2)11-24-16-6-5-13(10-15(16)19)21-18(23)14-4-3-8-22-9-7-20-17(14)22/h3-10,12H,11H2,1-2H3,(H,21,23). The third-order valence-electron chi connectivity index (χ3n) is 3.43. The van der Waals surface area contributed by atoms with E-state index >= 15 is 0 Å². The highest BCUT2D eigenvalue weighted by atomic mass is 35.5. The number of ether oxygens (including phenoxy) is 1. The Morgan fingerprint density at radius 1 is 1.33 bits per heavy atom. The van der Waals surface area contributed by atoms with E-state index in [-0.39, 0.29) is 5.91 Å². The molecule has 3 aromatic rings. The SMILES string of the molecule is CC(C)COc1ccc(NC(=O)c2cccn3ccnc23)cc1Cl. The molecule has 0 aliphatic rings. The van der Waals surface area contributed by atoms with E-state index in [4.69, 9.17) is 16.3 Å². The first-order chi connectivity index (χ1) is 11.5. The topological polar surface area (TPSA) is 55.6 Å². The average molecular weight is 344 g/mol. The molecule has 0 saturated carbocycles. The number of hydrogen-bond donors (Lipinski definition) is 1. The lowest BCUT2D eigenvalue weighted by molar-refractivity contribution is 0.102. The van der Waals surface area contributed by atoms with E-state index < -0.39 is 0 Å². The minimum atomic E-state index is -0.237. The Hall–Kier alpha value is -2.53. The van der Waals surface area contributed by atoms with Gasteiger partial charge < -0.3 is 14.5 Å². The molecule has 1 amide bonds. The van der Waals surface area contributed by atoms with Gasteiger partial charge in [0.05, 0.1) is 17.2 Å². The molecule has 0 aliphatic carbocycles. The average Bonchev–Trinajstić information content (AvgIpc) is 3.02. The summed E-state index contributed by atoms with van der Waals surface area (Å²) in [5, 5.41) is 3.31. The fourth-order valence-corrected chi connectivity index (χ4v) is 2.51. The smallest absolute Gasteiger partial charge is 0.259 e. The molecule has 6 heteroatoms. The van der Waals surface area contributed by atoms with Crippen LogP contribution in [0.15, 0.2) is 48.9 Å². The second-order valence-corrected chi connectivity index (χ2v) is 6.29. The van der Waals surface area contributed by atoms with Crippen molar-refractivity contribution < 1.29 is 9.53 Å². The normalized spacial score (nSPS) is 11.0. The number of carbonyl (C=O) groups is 1. The number of hydrogen-bond acceptors (Lipinski definition) is 3. The summed E-state index contributed by atoms with van der Waals surface area (Å²) >= 11 is 6.23. The van der Waals surface area contributed by atoms with Crippen LogP contribution in [-0.4, -0.2) is 21.9 Å². The molecule has 0 fully saturated rings. The van der Waals surface area contributed by atoms with E-state index in [0.717, 1.165) is 0 Å². The van der Waals surface area contributed by atoms with Crippen LogP contribution in [-0.2, 0) is 0 Å². The van der Waals surface area contributed by atoms with E-state index in [1.807, 2.05) is 6.20 Å². The van der Waals surface area contributed by atoms with Gasteiger partial charge in [0, 0.05) is 24.3 Å². The van der Waals surface area contributed by atoms with Gasteiger partial charge in [0.1, 0.15) is 11.4 Å². The molecule has 0 spiro atoms. The first-order valence-electron chi connectivity index (χ1n) is 7.70. The minimum absolute atomic E-state index is 0.237. The maximum Gasteiger partial charge on any atom is 0.259 e. The van der Waals surface area contributed by atoms with Gasteiger partial charge in [-0.15, -0.1) is 0 Å². The molecule has 1 aromatic carbocycles. The van der Waals surface area contributed by atoms with Gasteiger partial charge in [-0.3, -0.25) is 4.79 Å². The molecule has 0 unspecified atom stereocenters. The molecular formula is C18H18ClN3O2. The number of benzene rings is 1. The molecule has 2 heterocycles. The Morgan fingerprint density at radius 2 is 2.17 bits per heavy atom. The van der Waals surface area contributed by atoms with E-state index in [2.05, 4.69) is 24.1 Å². The molecule has 0 bridgehead atoms. The highest BCUT2D eigenvalue weighted by molar-refractivity contribution is 6.32. The lowest BCUT2D eigenvalue weighted by Crippen LogP contribution is -2.13. The first kappa shape index (κ1) is 16.3. The molecule has 3 rings (SSSR count). The van der Waals surface area contributed by atoms with Crippen LogP contribution in [0.5, 0.6) is 5.75 Å². The number of pyridine rings is 1. The highest BCUT2D eigenvalue weighted by Crippen LogP contribution is 2.28. The zero-order valence-electron chi connectivity index (χ0n) is 13.5. The monoisotopic (exact) mass is 343 g/mol. The summed E-state index contributed by atoms with van der Waals surface area (Å²) in [6, 6.07) is 8.75. The summed E-state index contributed by atoms with van der Waals surface area (Å²) in [5.41, 5.74) is 1.71. The Morgan fingerprint density at radius 3 is 2.92 bits per heavy atom. The number of aromatic nitrogens is 2. The number of imidazole rings is 1. The Balaban J connectivity index is 1.77. The van der Waals surface area contributed by atoms with Gasteiger partial charge in [-0.05, 0) is 36.2 Å². The predicted molar refractivity (Wildman–Crippen MR) is 94.9 cm³/mol. The molecule has 0 saturated heterocycles. The lowest BCUT2D eigenvalue weighted by Gasteiger charge is -2.12. The quantitative estimate of drug-likeness (QED) is 0.752. The Labute approximate surface area is 145 Å². The second-order valence-electron chi connectivity index (χ2n) is 5.88. The zero-order valence-corrected chi connectivity index (χ0v) is 14.2. The first-order valence-corrected chi connectivity index (χ1v) is 8.08. The number of nitrogens with zero attached hydrogens (tertiary/aromatic N) is 2. The van der Waals surface area contributed by atoms with Crippen LogP contribution in [0.2, 0.25) is 5.02 Å². The van der Waals surface area contributed by atoms with Crippen LogP contribution >= 0.6 is 11.6 Å². The van der Waals surface area contributed by atoms with Crippen molar-refractivity contribution in [1.82, 2.24) is 9.38 Å². The van der Waals surface area contributed by atoms with Crippen LogP contribution in [0, 0.1) is 5.92 Å². The van der Waals surface area contributed by atoms with Crippen molar-refractivity contribution >= 4 is 28.8 Å². The molecule has 2 aromatic heterocycles. The van der Waals surface area contributed by atoms with Crippen LogP contribution in [0.4, 0.5) is 5.69 Å². The van der Waals surface area contributed by atoms with Gasteiger partial charge in [-0.1, -0.05) is 25.4 Å². The number of amides is 1. The van der Waals surface area contributed by atoms with Gasteiger partial charge in [0.15, 0.2) is 0 Å². The predicted octanol–water partition coefficient (Wildman–Crippen LogP) is 4.27. The molecule has 24 heavy (non-hydrogen) atoms.